The lowest BCUT2D eigenvalue weighted by molar-refractivity contribution is -0.389. The van der Waals surface area contributed by atoms with Crippen LogP contribution >= 0.6 is 0 Å². The van der Waals surface area contributed by atoms with Crippen molar-refractivity contribution in [3.05, 3.63) is 58.3 Å². The fraction of sp³-hybridized carbons (Fsp3) is 0. The summed E-state index contributed by atoms with van der Waals surface area (Å²) in [6.07, 6.45) is 1.38. The van der Waals surface area contributed by atoms with E-state index in [2.05, 4.69) is 4.98 Å². The number of aromatic nitrogens is 1. The van der Waals surface area contributed by atoms with Crippen molar-refractivity contribution < 1.29 is 14.8 Å². The monoisotopic (exact) mass is 244 g/mol. The molecule has 1 N–H and O–H groups in total. The summed E-state index contributed by atoms with van der Waals surface area (Å²) < 4.78 is 0. The van der Waals surface area contributed by atoms with Gasteiger partial charge in [-0.05, 0) is 33.7 Å². The van der Waals surface area contributed by atoms with Gasteiger partial charge in [0.15, 0.2) is 0 Å². The number of hydrogen-bond acceptors (Lipinski definition) is 4. The Bertz CT molecular complexity index is 535. The summed E-state index contributed by atoms with van der Waals surface area (Å²) in [7, 11) is 0. The Hall–Kier alpha value is -2.76. The normalized spacial score (nSPS) is 10.0. The third-order valence-corrected chi connectivity index (χ3v) is 2.40. The molecule has 1 heterocycles. The van der Waals surface area contributed by atoms with Gasteiger partial charge in [0.2, 0.25) is 0 Å². The maximum Gasteiger partial charge on any atom is 0.363 e. The zero-order chi connectivity index (χ0) is 13.1. The van der Waals surface area contributed by atoms with Gasteiger partial charge in [-0.2, -0.15) is 0 Å². The van der Waals surface area contributed by atoms with Crippen LogP contribution in [0, 0.1) is 10.1 Å². The van der Waals surface area contributed by atoms with E-state index in [1.54, 1.807) is 18.2 Å². The van der Waals surface area contributed by atoms with Crippen LogP contribution in [0.1, 0.15) is 10.4 Å². The number of carboxylic acid groups (broad SMARTS) is 1. The number of hydrogen-bond donors (Lipinski definition) is 1. The van der Waals surface area contributed by atoms with Gasteiger partial charge in [0, 0.05) is 11.6 Å². The zero-order valence-electron chi connectivity index (χ0n) is 9.11. The van der Waals surface area contributed by atoms with Crippen LogP contribution in [0.15, 0.2) is 42.6 Å². The molecule has 0 radical (unpaired) electrons. The van der Waals surface area contributed by atoms with Crippen LogP contribution in [-0.4, -0.2) is 21.0 Å². The number of rotatable bonds is 3. The van der Waals surface area contributed by atoms with E-state index in [1.165, 1.54) is 24.4 Å². The van der Waals surface area contributed by atoms with Gasteiger partial charge in [0.05, 0.1) is 5.56 Å². The molecular weight excluding hydrogens is 236 g/mol. The van der Waals surface area contributed by atoms with Gasteiger partial charge in [-0.15, -0.1) is 0 Å². The van der Waals surface area contributed by atoms with Crippen molar-refractivity contribution in [2.24, 2.45) is 0 Å². The molecule has 18 heavy (non-hydrogen) atoms. The minimum Gasteiger partial charge on any atom is -0.478 e. The van der Waals surface area contributed by atoms with E-state index < -0.39 is 10.9 Å². The Kier molecular flexibility index (Phi) is 3.01. The third kappa shape index (κ3) is 2.32. The van der Waals surface area contributed by atoms with E-state index in [-0.39, 0.29) is 11.4 Å². The second kappa shape index (κ2) is 4.62. The molecule has 0 spiro atoms. The lowest BCUT2D eigenvalue weighted by Gasteiger charge is -2.00. The van der Waals surface area contributed by atoms with Crippen molar-refractivity contribution in [3.63, 3.8) is 0 Å². The highest BCUT2D eigenvalue weighted by Crippen LogP contribution is 2.20. The minimum atomic E-state index is -0.997. The molecule has 0 aliphatic carbocycles. The molecule has 0 aliphatic rings. The van der Waals surface area contributed by atoms with Crippen molar-refractivity contribution in [2.45, 2.75) is 0 Å². The van der Waals surface area contributed by atoms with Crippen LogP contribution in [0.3, 0.4) is 0 Å². The van der Waals surface area contributed by atoms with E-state index in [1.807, 2.05) is 0 Å². The maximum absolute atomic E-state index is 10.7. The first-order valence-electron chi connectivity index (χ1n) is 5.02. The highest BCUT2D eigenvalue weighted by atomic mass is 16.6. The van der Waals surface area contributed by atoms with E-state index >= 15 is 0 Å². The first-order chi connectivity index (χ1) is 8.58. The van der Waals surface area contributed by atoms with Gasteiger partial charge in [0.1, 0.15) is 6.20 Å². The van der Waals surface area contributed by atoms with Gasteiger partial charge in [-0.1, -0.05) is 12.1 Å². The van der Waals surface area contributed by atoms with Crippen molar-refractivity contribution >= 4 is 11.8 Å². The molecule has 0 amide bonds. The lowest BCUT2D eigenvalue weighted by Crippen LogP contribution is -1.95. The molecule has 1 aromatic heterocycles. The van der Waals surface area contributed by atoms with E-state index in [0.29, 0.717) is 5.56 Å². The second-order valence-electron chi connectivity index (χ2n) is 3.54. The Morgan fingerprint density at radius 3 is 2.17 bits per heavy atom. The van der Waals surface area contributed by atoms with Crippen LogP contribution in [-0.2, 0) is 0 Å². The molecule has 1 aromatic carbocycles. The number of nitro groups is 1. The molecule has 2 aromatic rings. The third-order valence-electron chi connectivity index (χ3n) is 2.40. The Balaban J connectivity index is 2.31. The highest BCUT2D eigenvalue weighted by molar-refractivity contribution is 5.88. The van der Waals surface area contributed by atoms with E-state index in [9.17, 15) is 14.9 Å². The zero-order valence-corrected chi connectivity index (χ0v) is 9.11. The highest BCUT2D eigenvalue weighted by Gasteiger charge is 2.08. The van der Waals surface area contributed by atoms with E-state index in [0.717, 1.165) is 5.56 Å². The standard InChI is InChI=1S/C12H8N2O4/c15-12(16)9-3-1-8(2-4-9)10-5-6-11(13-7-10)14(17)18/h1-7H,(H,15,16). The Morgan fingerprint density at radius 2 is 1.72 bits per heavy atom. The number of benzene rings is 1. The molecule has 0 fully saturated rings. The summed E-state index contributed by atoms with van der Waals surface area (Å²) in [6.45, 7) is 0. The van der Waals surface area contributed by atoms with E-state index in [4.69, 9.17) is 5.11 Å². The molecule has 0 saturated carbocycles. The number of aromatic carboxylic acids is 1. The quantitative estimate of drug-likeness (QED) is 0.660. The molecule has 2 rings (SSSR count). The minimum absolute atomic E-state index is 0.189. The van der Waals surface area contributed by atoms with Gasteiger partial charge >= 0.3 is 11.8 Å². The van der Waals surface area contributed by atoms with Crippen LogP contribution in [0.4, 0.5) is 5.82 Å². The van der Waals surface area contributed by atoms with Crippen molar-refractivity contribution in [3.8, 4) is 11.1 Å². The number of pyridine rings is 1. The summed E-state index contributed by atoms with van der Waals surface area (Å²) in [4.78, 5) is 24.3. The summed E-state index contributed by atoms with van der Waals surface area (Å²) in [5.74, 6) is -1.22. The molecule has 0 unspecified atom stereocenters. The molecule has 6 heteroatoms. The van der Waals surface area contributed by atoms with Gasteiger partial charge < -0.3 is 15.2 Å². The van der Waals surface area contributed by atoms with Crippen molar-refractivity contribution in [2.75, 3.05) is 0 Å². The molecule has 0 saturated heterocycles. The number of carbonyl (C=O) groups is 1. The largest absolute Gasteiger partial charge is 0.478 e. The van der Waals surface area contributed by atoms with Gasteiger partial charge in [-0.25, -0.2) is 4.79 Å². The van der Waals surface area contributed by atoms with Crippen LogP contribution < -0.4 is 0 Å². The number of nitrogens with zero attached hydrogens (tertiary/aromatic N) is 2. The average Bonchev–Trinajstić information content (AvgIpc) is 2.39. The van der Waals surface area contributed by atoms with Crippen molar-refractivity contribution in [1.82, 2.24) is 4.98 Å². The molecular formula is C12H8N2O4. The SMILES string of the molecule is O=C(O)c1ccc(-c2ccc([N+](=O)[O-])nc2)cc1. The van der Waals surface area contributed by atoms with Gasteiger partial charge in [0.25, 0.3) is 0 Å². The summed E-state index contributed by atoms with van der Waals surface area (Å²) in [6, 6.07) is 9.08. The average molecular weight is 244 g/mol. The first-order valence-corrected chi connectivity index (χ1v) is 5.02. The molecule has 90 valence electrons. The topological polar surface area (TPSA) is 93.3 Å². The molecule has 0 atom stereocenters. The molecule has 0 aliphatic heterocycles. The summed E-state index contributed by atoms with van der Waals surface area (Å²) >= 11 is 0. The smallest absolute Gasteiger partial charge is 0.363 e. The van der Waals surface area contributed by atoms with Crippen LogP contribution in [0.25, 0.3) is 11.1 Å². The summed E-state index contributed by atoms with van der Waals surface area (Å²) in [5, 5.41) is 19.2. The molecule has 0 bridgehead atoms. The summed E-state index contributed by atoms with van der Waals surface area (Å²) in [5.41, 5.74) is 1.63. The fourth-order valence-corrected chi connectivity index (χ4v) is 1.47. The second-order valence-corrected chi connectivity index (χ2v) is 3.54. The predicted molar refractivity (Wildman–Crippen MR) is 63.3 cm³/mol. The Morgan fingerprint density at radius 1 is 1.11 bits per heavy atom. The molecule has 6 nitrogen and oxygen atoms in total. The van der Waals surface area contributed by atoms with Gasteiger partial charge in [-0.3, -0.25) is 0 Å². The van der Waals surface area contributed by atoms with Crippen LogP contribution in [0.2, 0.25) is 0 Å². The predicted octanol–water partition coefficient (Wildman–Crippen LogP) is 2.36. The number of carboxylic acids is 1. The van der Waals surface area contributed by atoms with Crippen LogP contribution in [0.5, 0.6) is 0 Å². The maximum atomic E-state index is 10.7. The first kappa shape index (κ1) is 11.7. The van der Waals surface area contributed by atoms with Crippen molar-refractivity contribution in [1.29, 1.82) is 0 Å². The fourth-order valence-electron chi connectivity index (χ4n) is 1.47. The Labute approximate surface area is 102 Å². The lowest BCUT2D eigenvalue weighted by atomic mass is 10.1.